The molecule has 2 aromatic heterocycles. The second kappa shape index (κ2) is 6.03. The molecule has 0 radical (unpaired) electrons. The van der Waals surface area contributed by atoms with Crippen molar-refractivity contribution in [1.29, 1.82) is 0 Å². The fraction of sp³-hybridized carbons (Fsp3) is 0.571. The van der Waals surface area contributed by atoms with Crippen molar-refractivity contribution >= 4 is 17.3 Å². The first-order chi connectivity index (χ1) is 12.5. The molecule has 1 saturated heterocycles. The standard InChI is InChI=1S/C21H28N4S/c1-13(19-15-10-22-11-16(15)19)24-21(2,3)20-23-12-17-18(8-5-9-25(17)20)26-14-6-4-7-14/h5,8-9,12,14-16,19,22,24H,1,4,6-7,10-11H2,2-3H3. The van der Waals surface area contributed by atoms with Gasteiger partial charge in [0, 0.05) is 28.0 Å². The van der Waals surface area contributed by atoms with Crippen LogP contribution in [0.25, 0.3) is 5.52 Å². The van der Waals surface area contributed by atoms with Crippen LogP contribution in [0.4, 0.5) is 0 Å². The van der Waals surface area contributed by atoms with E-state index in [4.69, 9.17) is 4.98 Å². The van der Waals surface area contributed by atoms with Crippen molar-refractivity contribution in [2.75, 3.05) is 13.1 Å². The summed E-state index contributed by atoms with van der Waals surface area (Å²) in [7, 11) is 0. The van der Waals surface area contributed by atoms with Gasteiger partial charge in [0.2, 0.25) is 0 Å². The molecule has 2 atom stereocenters. The van der Waals surface area contributed by atoms with Crippen LogP contribution in [-0.4, -0.2) is 27.7 Å². The van der Waals surface area contributed by atoms with E-state index in [0.29, 0.717) is 5.92 Å². The summed E-state index contributed by atoms with van der Waals surface area (Å²) in [5, 5.41) is 7.96. The highest BCUT2D eigenvalue weighted by Gasteiger charge is 2.54. The first kappa shape index (κ1) is 16.7. The molecule has 2 aliphatic carbocycles. The summed E-state index contributed by atoms with van der Waals surface area (Å²) in [6.45, 7) is 11.1. The van der Waals surface area contributed by atoms with Crippen LogP contribution in [0.1, 0.15) is 38.9 Å². The Morgan fingerprint density at radius 3 is 2.81 bits per heavy atom. The third-order valence-electron chi connectivity index (χ3n) is 6.40. The van der Waals surface area contributed by atoms with Gasteiger partial charge in [-0.15, -0.1) is 11.8 Å². The van der Waals surface area contributed by atoms with Gasteiger partial charge in [-0.25, -0.2) is 4.98 Å². The van der Waals surface area contributed by atoms with Gasteiger partial charge in [-0.05, 0) is 63.7 Å². The van der Waals surface area contributed by atoms with E-state index in [1.165, 1.54) is 35.4 Å². The molecule has 5 heteroatoms. The molecular formula is C21H28N4S. The van der Waals surface area contributed by atoms with Crippen LogP contribution in [0.5, 0.6) is 0 Å². The predicted molar refractivity (Wildman–Crippen MR) is 107 cm³/mol. The lowest BCUT2D eigenvalue weighted by atomic mass is 10.0. The zero-order valence-electron chi connectivity index (χ0n) is 15.7. The predicted octanol–water partition coefficient (Wildman–Crippen LogP) is 3.78. The van der Waals surface area contributed by atoms with Gasteiger partial charge in [0.15, 0.2) is 0 Å². The van der Waals surface area contributed by atoms with Gasteiger partial charge in [-0.2, -0.15) is 0 Å². The summed E-state index contributed by atoms with van der Waals surface area (Å²) < 4.78 is 2.26. The molecule has 26 heavy (non-hydrogen) atoms. The van der Waals surface area contributed by atoms with Gasteiger partial charge in [0.1, 0.15) is 5.82 Å². The minimum absolute atomic E-state index is 0.242. The minimum atomic E-state index is -0.242. The zero-order chi connectivity index (χ0) is 17.9. The van der Waals surface area contributed by atoms with Crippen molar-refractivity contribution in [2.24, 2.45) is 17.8 Å². The molecule has 138 valence electrons. The number of piperidine rings is 1. The third kappa shape index (κ3) is 2.67. The number of rotatable bonds is 6. The average molecular weight is 369 g/mol. The highest BCUT2D eigenvalue weighted by molar-refractivity contribution is 8.00. The van der Waals surface area contributed by atoms with Crippen molar-refractivity contribution < 1.29 is 0 Å². The summed E-state index contributed by atoms with van der Waals surface area (Å²) in [6.07, 6.45) is 8.25. The Morgan fingerprint density at radius 1 is 1.35 bits per heavy atom. The third-order valence-corrected chi connectivity index (χ3v) is 7.81. The minimum Gasteiger partial charge on any atom is -0.377 e. The Labute approximate surface area is 159 Å². The van der Waals surface area contributed by atoms with Crippen LogP contribution in [0.15, 0.2) is 41.7 Å². The topological polar surface area (TPSA) is 41.4 Å². The van der Waals surface area contributed by atoms with Crippen LogP contribution >= 0.6 is 11.8 Å². The zero-order valence-corrected chi connectivity index (χ0v) is 16.5. The van der Waals surface area contributed by atoms with Crippen LogP contribution in [0, 0.1) is 17.8 Å². The maximum absolute atomic E-state index is 4.82. The lowest BCUT2D eigenvalue weighted by Gasteiger charge is -2.29. The smallest absolute Gasteiger partial charge is 0.138 e. The van der Waals surface area contributed by atoms with E-state index >= 15 is 0 Å². The molecule has 2 N–H and O–H groups in total. The van der Waals surface area contributed by atoms with E-state index in [9.17, 15) is 0 Å². The molecular weight excluding hydrogens is 340 g/mol. The Balaban J connectivity index is 1.38. The number of imidazole rings is 1. The number of hydrogen-bond donors (Lipinski definition) is 2. The van der Waals surface area contributed by atoms with Crippen molar-refractivity contribution in [3.63, 3.8) is 0 Å². The number of allylic oxidation sites excluding steroid dienone is 1. The van der Waals surface area contributed by atoms with Crippen molar-refractivity contribution in [1.82, 2.24) is 20.0 Å². The Kier molecular flexibility index (Phi) is 3.87. The highest BCUT2D eigenvalue weighted by Crippen LogP contribution is 2.52. The van der Waals surface area contributed by atoms with Crippen molar-refractivity contribution in [3.05, 3.63) is 42.6 Å². The molecule has 0 aromatic carbocycles. The first-order valence-corrected chi connectivity index (χ1v) is 10.7. The Bertz CT molecular complexity index is 841. The summed E-state index contributed by atoms with van der Waals surface area (Å²) in [4.78, 5) is 6.17. The molecule has 2 unspecified atom stereocenters. The quantitative estimate of drug-likeness (QED) is 0.814. The van der Waals surface area contributed by atoms with Gasteiger partial charge in [0.25, 0.3) is 0 Å². The monoisotopic (exact) mass is 368 g/mol. The molecule has 0 spiro atoms. The summed E-state index contributed by atoms with van der Waals surface area (Å²) in [5.74, 6) is 3.27. The lowest BCUT2D eigenvalue weighted by Crippen LogP contribution is -2.38. The summed E-state index contributed by atoms with van der Waals surface area (Å²) in [5.41, 5.74) is 2.17. The molecule has 3 heterocycles. The van der Waals surface area contributed by atoms with Crippen LogP contribution in [0.3, 0.4) is 0 Å². The maximum Gasteiger partial charge on any atom is 0.138 e. The number of fused-ring (bicyclic) bond motifs is 2. The fourth-order valence-electron chi connectivity index (χ4n) is 4.70. The van der Waals surface area contributed by atoms with Crippen LogP contribution in [-0.2, 0) is 5.54 Å². The van der Waals surface area contributed by atoms with Gasteiger partial charge in [-0.3, -0.25) is 0 Å². The number of hydrogen-bond acceptors (Lipinski definition) is 4. The number of nitrogens with zero attached hydrogens (tertiary/aromatic N) is 2. The second-order valence-corrected chi connectivity index (χ2v) is 10.0. The summed E-state index contributed by atoms with van der Waals surface area (Å²) >= 11 is 2.02. The van der Waals surface area contributed by atoms with Gasteiger partial charge in [0.05, 0.1) is 17.3 Å². The first-order valence-electron chi connectivity index (χ1n) is 9.85. The van der Waals surface area contributed by atoms with Gasteiger partial charge in [-0.1, -0.05) is 13.0 Å². The fourth-order valence-corrected chi connectivity index (χ4v) is 6.06. The highest BCUT2D eigenvalue weighted by atomic mass is 32.2. The molecule has 4 nitrogen and oxygen atoms in total. The largest absolute Gasteiger partial charge is 0.377 e. The van der Waals surface area contributed by atoms with Gasteiger partial charge >= 0.3 is 0 Å². The van der Waals surface area contributed by atoms with E-state index < -0.39 is 0 Å². The molecule has 3 fully saturated rings. The Morgan fingerprint density at radius 2 is 2.12 bits per heavy atom. The van der Waals surface area contributed by atoms with E-state index in [1.807, 2.05) is 18.0 Å². The number of thioether (sulfide) groups is 1. The normalized spacial score (nSPS) is 28.0. The van der Waals surface area contributed by atoms with Gasteiger partial charge < -0.3 is 15.0 Å². The average Bonchev–Trinajstić information content (AvgIpc) is 2.93. The molecule has 2 saturated carbocycles. The van der Waals surface area contributed by atoms with Crippen molar-refractivity contribution in [2.45, 2.75) is 48.8 Å². The molecule has 2 aromatic rings. The summed E-state index contributed by atoms with van der Waals surface area (Å²) in [6, 6.07) is 4.39. The lowest BCUT2D eigenvalue weighted by molar-refractivity contribution is 0.401. The van der Waals surface area contributed by atoms with E-state index in [2.05, 4.69) is 53.8 Å². The maximum atomic E-state index is 4.82. The van der Waals surface area contributed by atoms with E-state index in [0.717, 1.165) is 36.0 Å². The van der Waals surface area contributed by atoms with Crippen LogP contribution in [0.2, 0.25) is 0 Å². The second-order valence-electron chi connectivity index (χ2n) is 8.67. The van der Waals surface area contributed by atoms with Crippen molar-refractivity contribution in [3.8, 4) is 0 Å². The Hall–Kier alpha value is -1.46. The molecule has 0 bridgehead atoms. The van der Waals surface area contributed by atoms with Crippen LogP contribution < -0.4 is 10.6 Å². The molecule has 0 amide bonds. The van der Waals surface area contributed by atoms with E-state index in [-0.39, 0.29) is 5.54 Å². The number of pyridine rings is 1. The number of nitrogens with one attached hydrogen (secondary N) is 2. The molecule has 3 aliphatic rings. The molecule has 5 rings (SSSR count). The number of aromatic nitrogens is 2. The molecule has 1 aliphatic heterocycles. The SMILES string of the molecule is C=C(NC(C)(C)c1ncc2c(SC3CCC3)cccn12)C1C2CNCC21. The van der Waals surface area contributed by atoms with E-state index in [1.54, 1.807) is 0 Å².